The zero-order valence-corrected chi connectivity index (χ0v) is 17.1. The Hall–Kier alpha value is -2.33. The van der Waals surface area contributed by atoms with Crippen LogP contribution in [-0.4, -0.2) is 95.6 Å². The number of H-pyrrole nitrogens is 1. The lowest BCUT2D eigenvalue weighted by atomic mass is 9.98. The highest BCUT2D eigenvalue weighted by Gasteiger charge is 2.35. The Kier molecular flexibility index (Phi) is 6.43. The van der Waals surface area contributed by atoms with E-state index in [9.17, 15) is 14.3 Å². The van der Waals surface area contributed by atoms with Gasteiger partial charge < -0.3 is 20.1 Å². The third-order valence-electron chi connectivity index (χ3n) is 5.90. The number of ether oxygens (including phenoxy) is 1. The van der Waals surface area contributed by atoms with Crippen molar-refractivity contribution in [1.82, 2.24) is 25.3 Å². The number of nitrogens with zero attached hydrogens (tertiary/aromatic N) is 3. The van der Waals surface area contributed by atoms with Crippen molar-refractivity contribution in [2.45, 2.75) is 24.7 Å². The Balaban J connectivity index is 1.40. The molecule has 0 unspecified atom stereocenters. The number of halogens is 1. The first-order valence-corrected chi connectivity index (χ1v) is 10.3. The average Bonchev–Trinajstić information content (AvgIpc) is 3.23. The highest BCUT2D eigenvalue weighted by atomic mass is 19.1. The molecule has 1 aromatic heterocycles. The maximum atomic E-state index is 13.6. The van der Waals surface area contributed by atoms with E-state index < -0.39 is 12.1 Å². The van der Waals surface area contributed by atoms with Crippen molar-refractivity contribution in [2.24, 2.45) is 0 Å². The molecule has 4 rings (SSSR count). The first-order chi connectivity index (χ1) is 14.5. The number of nitrogens with one attached hydrogen (secondary N) is 2. The van der Waals surface area contributed by atoms with Crippen molar-refractivity contribution in [2.75, 3.05) is 46.4 Å². The molecule has 2 aliphatic heterocycles. The number of hydrogen-bond donors (Lipinski definition) is 3. The van der Waals surface area contributed by atoms with Gasteiger partial charge in [0.25, 0.3) is 5.91 Å². The zero-order valence-electron chi connectivity index (χ0n) is 17.1. The fourth-order valence-corrected chi connectivity index (χ4v) is 4.05. The smallest absolute Gasteiger partial charge is 0.255 e. The van der Waals surface area contributed by atoms with Crippen LogP contribution in [0.4, 0.5) is 4.39 Å². The molecule has 2 aliphatic rings. The summed E-state index contributed by atoms with van der Waals surface area (Å²) in [6.45, 7) is 4.97. The van der Waals surface area contributed by atoms with Gasteiger partial charge in [0.05, 0.1) is 29.6 Å². The van der Waals surface area contributed by atoms with Crippen LogP contribution >= 0.6 is 0 Å². The summed E-state index contributed by atoms with van der Waals surface area (Å²) >= 11 is 0. The molecule has 30 heavy (non-hydrogen) atoms. The van der Waals surface area contributed by atoms with E-state index in [1.54, 1.807) is 12.1 Å². The molecule has 3 N–H and O–H groups in total. The van der Waals surface area contributed by atoms with Crippen molar-refractivity contribution < 1.29 is 19.0 Å². The monoisotopic (exact) mass is 417 g/mol. The number of aliphatic hydroxyl groups excluding tert-OH is 1. The Morgan fingerprint density at radius 2 is 2.17 bits per heavy atom. The van der Waals surface area contributed by atoms with Gasteiger partial charge in [0, 0.05) is 44.9 Å². The van der Waals surface area contributed by atoms with Gasteiger partial charge in [0.15, 0.2) is 0 Å². The third kappa shape index (κ3) is 4.70. The fourth-order valence-electron chi connectivity index (χ4n) is 4.05. The Bertz CT molecular complexity index is 868. The summed E-state index contributed by atoms with van der Waals surface area (Å²) in [7, 11) is 2.10. The summed E-state index contributed by atoms with van der Waals surface area (Å²) in [5.74, 6) is -0.743. The summed E-state index contributed by atoms with van der Waals surface area (Å²) in [4.78, 5) is 17.5. The van der Waals surface area contributed by atoms with Crippen LogP contribution in [0.25, 0.3) is 11.3 Å². The molecule has 0 aliphatic carbocycles. The van der Waals surface area contributed by atoms with Crippen LogP contribution in [0.2, 0.25) is 0 Å². The highest BCUT2D eigenvalue weighted by molar-refractivity contribution is 5.99. The lowest BCUT2D eigenvalue weighted by Gasteiger charge is -2.40. The van der Waals surface area contributed by atoms with E-state index in [4.69, 9.17) is 4.74 Å². The number of carbonyl (C=O) groups excluding carboxylic acids is 1. The van der Waals surface area contributed by atoms with E-state index in [1.807, 2.05) is 0 Å². The lowest BCUT2D eigenvalue weighted by Crippen LogP contribution is -2.57. The van der Waals surface area contributed by atoms with E-state index in [1.165, 1.54) is 18.3 Å². The normalized spacial score (nSPS) is 25.9. The molecule has 0 radical (unpaired) electrons. The Labute approximate surface area is 175 Å². The molecule has 8 nitrogen and oxygen atoms in total. The van der Waals surface area contributed by atoms with Gasteiger partial charge in [0.2, 0.25) is 0 Å². The summed E-state index contributed by atoms with van der Waals surface area (Å²) in [5, 5.41) is 20.5. The summed E-state index contributed by atoms with van der Waals surface area (Å²) < 4.78 is 19.4. The van der Waals surface area contributed by atoms with Crippen molar-refractivity contribution in [3.8, 4) is 11.3 Å². The Morgan fingerprint density at radius 1 is 1.37 bits per heavy atom. The minimum Gasteiger partial charge on any atom is -0.388 e. The van der Waals surface area contributed by atoms with Crippen molar-refractivity contribution in [3.05, 3.63) is 41.8 Å². The molecule has 162 valence electrons. The largest absolute Gasteiger partial charge is 0.388 e. The number of aromatic nitrogens is 2. The van der Waals surface area contributed by atoms with Gasteiger partial charge >= 0.3 is 0 Å². The van der Waals surface area contributed by atoms with Gasteiger partial charge in [-0.2, -0.15) is 5.10 Å². The first kappa shape index (κ1) is 20.9. The molecule has 1 amide bonds. The molecule has 2 aromatic rings. The van der Waals surface area contributed by atoms with Crippen LogP contribution in [0.3, 0.4) is 0 Å². The fraction of sp³-hybridized carbons (Fsp3) is 0.524. The topological polar surface area (TPSA) is 93.7 Å². The molecule has 0 saturated carbocycles. The van der Waals surface area contributed by atoms with E-state index >= 15 is 0 Å². The molecular weight excluding hydrogens is 389 g/mol. The number of piperazine rings is 1. The summed E-state index contributed by atoms with van der Waals surface area (Å²) in [6.07, 6.45) is 0.800. The average molecular weight is 417 g/mol. The number of likely N-dealkylation sites (N-methyl/N-ethyl adjacent to an activating group) is 1. The first-order valence-electron chi connectivity index (χ1n) is 10.3. The zero-order chi connectivity index (χ0) is 21.1. The third-order valence-corrected chi connectivity index (χ3v) is 5.90. The highest BCUT2D eigenvalue weighted by Crippen LogP contribution is 2.23. The standard InChI is InChI=1S/C21H28FN5O3/c1-26-6-8-27(9-7-26)13-18-20(28)17(5-10-30-18)24-21(29)16-12-23-25-19(16)14-3-2-4-15(22)11-14/h2-4,11-12,17-18,20,28H,5-10,13H2,1H3,(H,23,25)(H,24,29)/t17-,18+,20-/m0/s1. The van der Waals surface area contributed by atoms with Gasteiger partial charge in [-0.1, -0.05) is 12.1 Å². The predicted octanol–water partition coefficient (Wildman–Crippen LogP) is 0.711. The van der Waals surface area contributed by atoms with Crippen LogP contribution in [0.5, 0.6) is 0 Å². The molecule has 1 aromatic carbocycles. The number of benzene rings is 1. The van der Waals surface area contributed by atoms with Gasteiger partial charge in [-0.3, -0.25) is 14.8 Å². The van der Waals surface area contributed by atoms with E-state index in [0.717, 1.165) is 26.2 Å². The second-order valence-corrected chi connectivity index (χ2v) is 8.04. The van der Waals surface area contributed by atoms with Crippen molar-refractivity contribution in [1.29, 1.82) is 0 Å². The maximum Gasteiger partial charge on any atom is 0.255 e. The second kappa shape index (κ2) is 9.22. The predicted molar refractivity (Wildman–Crippen MR) is 110 cm³/mol. The van der Waals surface area contributed by atoms with Gasteiger partial charge in [-0.25, -0.2) is 4.39 Å². The number of hydrogen-bond acceptors (Lipinski definition) is 6. The van der Waals surface area contributed by atoms with Crippen LogP contribution < -0.4 is 5.32 Å². The van der Waals surface area contributed by atoms with Gasteiger partial charge in [-0.15, -0.1) is 0 Å². The van der Waals surface area contributed by atoms with Gasteiger partial charge in [0.1, 0.15) is 11.9 Å². The van der Waals surface area contributed by atoms with E-state index in [0.29, 0.717) is 36.4 Å². The van der Waals surface area contributed by atoms with Gasteiger partial charge in [-0.05, 0) is 25.6 Å². The second-order valence-electron chi connectivity index (χ2n) is 8.04. The summed E-state index contributed by atoms with van der Waals surface area (Å²) in [5.41, 5.74) is 1.30. The number of carbonyl (C=O) groups is 1. The van der Waals surface area contributed by atoms with Crippen molar-refractivity contribution >= 4 is 5.91 Å². The minimum atomic E-state index is -0.799. The molecule has 3 atom stereocenters. The van der Waals surface area contributed by atoms with Crippen LogP contribution in [-0.2, 0) is 4.74 Å². The maximum absolute atomic E-state index is 13.6. The Morgan fingerprint density at radius 3 is 2.93 bits per heavy atom. The molecular formula is C21H28FN5O3. The summed E-state index contributed by atoms with van der Waals surface area (Å²) in [6, 6.07) is 5.57. The van der Waals surface area contributed by atoms with E-state index in [2.05, 4.69) is 32.4 Å². The number of rotatable bonds is 5. The quantitative estimate of drug-likeness (QED) is 0.664. The van der Waals surface area contributed by atoms with Crippen molar-refractivity contribution in [3.63, 3.8) is 0 Å². The van der Waals surface area contributed by atoms with Crippen LogP contribution in [0.15, 0.2) is 30.5 Å². The molecule has 9 heteroatoms. The van der Waals surface area contributed by atoms with E-state index in [-0.39, 0.29) is 17.8 Å². The SMILES string of the molecule is CN1CCN(C[C@H]2OCC[C@H](NC(=O)c3cn[nH]c3-c3cccc(F)c3)[C@@H]2O)CC1. The molecule has 2 fully saturated rings. The van der Waals surface area contributed by atoms with Crippen LogP contribution in [0, 0.1) is 5.82 Å². The van der Waals surface area contributed by atoms with Crippen LogP contribution in [0.1, 0.15) is 16.8 Å². The number of aliphatic hydroxyl groups is 1. The molecule has 3 heterocycles. The number of aromatic amines is 1. The molecule has 0 bridgehead atoms. The number of amides is 1. The molecule has 0 spiro atoms. The minimum absolute atomic E-state index is 0.315. The lowest BCUT2D eigenvalue weighted by molar-refractivity contribution is -0.102. The molecule has 2 saturated heterocycles.